The van der Waals surface area contributed by atoms with E-state index < -0.39 is 11.8 Å². The molecular weight excluding hydrogens is 354 g/mol. The van der Waals surface area contributed by atoms with Crippen molar-refractivity contribution in [1.82, 2.24) is 25.6 Å². The first-order valence-corrected chi connectivity index (χ1v) is 8.78. The highest BCUT2D eigenvalue weighted by atomic mass is 32.1. The molecule has 3 rings (SSSR count). The van der Waals surface area contributed by atoms with Crippen LogP contribution in [0.15, 0.2) is 29.1 Å². The minimum absolute atomic E-state index is 0.0690. The largest absolute Gasteiger partial charge is 0.290 e. The van der Waals surface area contributed by atoms with Gasteiger partial charge < -0.3 is 0 Å². The third kappa shape index (κ3) is 3.21. The Balaban J connectivity index is 1.88. The molecule has 0 atom stereocenters. The third-order valence-electron chi connectivity index (χ3n) is 3.78. The SMILES string of the molecule is CCn1nc(C(=O)NNC(=O)c2sc(C)nc2C)c2ccccc2c1=O. The number of rotatable bonds is 3. The van der Waals surface area contributed by atoms with Crippen LogP contribution in [0, 0.1) is 13.8 Å². The maximum absolute atomic E-state index is 12.5. The number of amides is 2. The smallest absolute Gasteiger partial charge is 0.267 e. The van der Waals surface area contributed by atoms with Gasteiger partial charge in [0.05, 0.1) is 16.1 Å². The first-order chi connectivity index (χ1) is 12.4. The van der Waals surface area contributed by atoms with Crippen molar-refractivity contribution < 1.29 is 9.59 Å². The molecule has 8 nitrogen and oxygen atoms in total. The molecular formula is C17H17N5O3S. The Bertz CT molecular complexity index is 1070. The number of hydrogen-bond donors (Lipinski definition) is 2. The van der Waals surface area contributed by atoms with Gasteiger partial charge >= 0.3 is 0 Å². The zero-order chi connectivity index (χ0) is 18.8. The molecule has 2 aromatic heterocycles. The molecule has 3 aromatic rings. The van der Waals surface area contributed by atoms with E-state index in [9.17, 15) is 14.4 Å². The lowest BCUT2D eigenvalue weighted by Crippen LogP contribution is -2.42. The molecule has 2 N–H and O–H groups in total. The van der Waals surface area contributed by atoms with Crippen molar-refractivity contribution in [3.05, 3.63) is 55.9 Å². The van der Waals surface area contributed by atoms with Crippen LogP contribution >= 0.6 is 11.3 Å². The Labute approximate surface area is 152 Å². The monoisotopic (exact) mass is 371 g/mol. The van der Waals surface area contributed by atoms with Gasteiger partial charge in [0.2, 0.25) is 0 Å². The lowest BCUT2D eigenvalue weighted by Gasteiger charge is -2.10. The van der Waals surface area contributed by atoms with Gasteiger partial charge in [0.1, 0.15) is 4.88 Å². The Kier molecular flexibility index (Phi) is 4.81. The topological polar surface area (TPSA) is 106 Å². The van der Waals surface area contributed by atoms with Crippen LogP contribution in [0.2, 0.25) is 0 Å². The number of nitrogens with zero attached hydrogens (tertiary/aromatic N) is 3. The van der Waals surface area contributed by atoms with E-state index >= 15 is 0 Å². The minimum Gasteiger partial charge on any atom is -0.267 e. The van der Waals surface area contributed by atoms with E-state index in [1.807, 2.05) is 0 Å². The number of carbonyl (C=O) groups excluding carboxylic acids is 2. The molecule has 0 aliphatic heterocycles. The molecule has 0 saturated carbocycles. The van der Waals surface area contributed by atoms with E-state index in [1.165, 1.54) is 16.0 Å². The Hall–Kier alpha value is -3.07. The highest BCUT2D eigenvalue weighted by Crippen LogP contribution is 2.16. The number of hydrogen-bond acceptors (Lipinski definition) is 6. The van der Waals surface area contributed by atoms with E-state index in [-0.39, 0.29) is 11.3 Å². The van der Waals surface area contributed by atoms with Gasteiger partial charge in [-0.25, -0.2) is 9.67 Å². The van der Waals surface area contributed by atoms with Gasteiger partial charge in [-0.1, -0.05) is 18.2 Å². The standard InChI is InChI=1S/C17H17N5O3S/c1-4-22-17(25)12-8-6-5-7-11(12)13(21-22)15(23)19-20-16(24)14-9(2)18-10(3)26-14/h5-8H,4H2,1-3H3,(H,19,23)(H,20,24). The molecule has 2 heterocycles. The highest BCUT2D eigenvalue weighted by molar-refractivity contribution is 7.13. The molecule has 0 spiro atoms. The molecule has 0 fully saturated rings. The number of hydrazine groups is 1. The van der Waals surface area contributed by atoms with Gasteiger partial charge in [-0.15, -0.1) is 11.3 Å². The molecule has 0 aliphatic rings. The third-order valence-corrected chi connectivity index (χ3v) is 4.85. The summed E-state index contributed by atoms with van der Waals surface area (Å²) in [5.74, 6) is -1.05. The van der Waals surface area contributed by atoms with Gasteiger partial charge in [0.25, 0.3) is 17.4 Å². The summed E-state index contributed by atoms with van der Waals surface area (Å²) in [6.45, 7) is 5.63. The average molecular weight is 371 g/mol. The van der Waals surface area contributed by atoms with Crippen LogP contribution in [0.5, 0.6) is 0 Å². The molecule has 0 saturated heterocycles. The molecule has 0 bridgehead atoms. The molecule has 134 valence electrons. The fourth-order valence-corrected chi connectivity index (χ4v) is 3.40. The molecule has 0 aliphatic carbocycles. The second-order valence-corrected chi connectivity index (χ2v) is 6.77. The maximum Gasteiger partial charge on any atom is 0.290 e. The normalized spacial score (nSPS) is 10.7. The van der Waals surface area contributed by atoms with Crippen molar-refractivity contribution in [1.29, 1.82) is 0 Å². The van der Waals surface area contributed by atoms with Gasteiger partial charge in [-0.3, -0.25) is 25.2 Å². The van der Waals surface area contributed by atoms with Gasteiger partial charge in [0, 0.05) is 11.9 Å². The van der Waals surface area contributed by atoms with Gasteiger partial charge in [0.15, 0.2) is 5.69 Å². The van der Waals surface area contributed by atoms with E-state index in [0.29, 0.717) is 27.9 Å². The van der Waals surface area contributed by atoms with Crippen molar-refractivity contribution >= 4 is 33.9 Å². The number of fused-ring (bicyclic) bond motifs is 1. The van der Waals surface area contributed by atoms with E-state index in [0.717, 1.165) is 5.01 Å². The first kappa shape index (κ1) is 17.7. The molecule has 9 heteroatoms. The molecule has 1 aromatic carbocycles. The molecule has 2 amide bonds. The maximum atomic E-state index is 12.5. The second-order valence-electron chi connectivity index (χ2n) is 5.57. The summed E-state index contributed by atoms with van der Waals surface area (Å²) >= 11 is 1.25. The molecule has 0 unspecified atom stereocenters. The number of thiazole rings is 1. The summed E-state index contributed by atoms with van der Waals surface area (Å²) in [5.41, 5.74) is 5.14. The number of aryl methyl sites for hydroxylation is 3. The number of carbonyl (C=O) groups is 2. The highest BCUT2D eigenvalue weighted by Gasteiger charge is 2.18. The fraction of sp³-hybridized carbons (Fsp3) is 0.235. The number of aromatic nitrogens is 3. The first-order valence-electron chi connectivity index (χ1n) is 7.97. The summed E-state index contributed by atoms with van der Waals surface area (Å²) in [7, 11) is 0. The summed E-state index contributed by atoms with van der Waals surface area (Å²) < 4.78 is 1.22. The van der Waals surface area contributed by atoms with Crippen molar-refractivity contribution in [3.8, 4) is 0 Å². The van der Waals surface area contributed by atoms with Gasteiger partial charge in [-0.2, -0.15) is 5.10 Å². The van der Waals surface area contributed by atoms with Crippen LogP contribution in [0.3, 0.4) is 0 Å². The zero-order valence-electron chi connectivity index (χ0n) is 14.5. The second kappa shape index (κ2) is 7.04. The number of nitrogens with one attached hydrogen (secondary N) is 2. The summed E-state index contributed by atoms with van der Waals surface area (Å²) in [6.07, 6.45) is 0. The van der Waals surface area contributed by atoms with Crippen LogP contribution < -0.4 is 16.4 Å². The zero-order valence-corrected chi connectivity index (χ0v) is 15.3. The predicted octanol–water partition coefficient (Wildman–Crippen LogP) is 1.56. The van der Waals surface area contributed by atoms with Crippen molar-refractivity contribution in [2.75, 3.05) is 0 Å². The van der Waals surface area contributed by atoms with Crippen molar-refractivity contribution in [2.24, 2.45) is 0 Å². The Morgan fingerprint density at radius 3 is 2.38 bits per heavy atom. The van der Waals surface area contributed by atoms with Gasteiger partial charge in [-0.05, 0) is 26.8 Å². The Morgan fingerprint density at radius 2 is 1.77 bits per heavy atom. The fourth-order valence-electron chi connectivity index (χ4n) is 2.59. The molecule has 0 radical (unpaired) electrons. The lowest BCUT2D eigenvalue weighted by atomic mass is 10.1. The lowest BCUT2D eigenvalue weighted by molar-refractivity contribution is 0.0845. The van der Waals surface area contributed by atoms with Crippen LogP contribution in [-0.4, -0.2) is 26.6 Å². The summed E-state index contributed by atoms with van der Waals surface area (Å²) in [4.78, 5) is 41.7. The quantitative estimate of drug-likeness (QED) is 0.680. The van der Waals surface area contributed by atoms with Crippen LogP contribution in [0.1, 0.15) is 37.8 Å². The summed E-state index contributed by atoms with van der Waals surface area (Å²) in [6, 6.07) is 6.74. The van der Waals surface area contributed by atoms with Crippen molar-refractivity contribution in [3.63, 3.8) is 0 Å². The van der Waals surface area contributed by atoms with Crippen LogP contribution in [0.4, 0.5) is 0 Å². The van der Waals surface area contributed by atoms with Crippen LogP contribution in [0.25, 0.3) is 10.8 Å². The predicted molar refractivity (Wildman–Crippen MR) is 98.2 cm³/mol. The Morgan fingerprint density at radius 1 is 1.12 bits per heavy atom. The van der Waals surface area contributed by atoms with E-state index in [4.69, 9.17) is 0 Å². The van der Waals surface area contributed by atoms with Crippen LogP contribution in [-0.2, 0) is 6.54 Å². The average Bonchev–Trinajstić information content (AvgIpc) is 2.98. The summed E-state index contributed by atoms with van der Waals surface area (Å²) in [5, 5.41) is 5.72. The molecule has 26 heavy (non-hydrogen) atoms. The minimum atomic E-state index is -0.601. The van der Waals surface area contributed by atoms with Crippen molar-refractivity contribution in [2.45, 2.75) is 27.3 Å². The van der Waals surface area contributed by atoms with E-state index in [1.54, 1.807) is 45.0 Å². The number of benzene rings is 1. The van der Waals surface area contributed by atoms with E-state index in [2.05, 4.69) is 20.9 Å².